The number of unbranched alkanes of at least 4 members (excludes halogenated alkanes) is 2. The Kier molecular flexibility index (Phi) is 15.1. The molecule has 0 aromatic heterocycles. The van der Waals surface area contributed by atoms with Crippen LogP contribution in [0.3, 0.4) is 0 Å². The number of nitrogens with one attached hydrogen (secondary N) is 2. The van der Waals surface area contributed by atoms with Gasteiger partial charge < -0.3 is 25.6 Å². The second-order valence-electron chi connectivity index (χ2n) is 4.35. The fourth-order valence-electron chi connectivity index (χ4n) is 1.46. The van der Waals surface area contributed by atoms with Gasteiger partial charge in [-0.15, -0.1) is 0 Å². The van der Waals surface area contributed by atoms with Gasteiger partial charge in [0, 0.05) is 25.7 Å². The van der Waals surface area contributed by atoms with E-state index in [1.807, 2.05) is 0 Å². The number of hydrogen-bond donors (Lipinski definition) is 3. The summed E-state index contributed by atoms with van der Waals surface area (Å²) in [5.74, 6) is -1.09. The first-order chi connectivity index (χ1) is 8.07. The van der Waals surface area contributed by atoms with E-state index < -0.39 is 12.0 Å². The van der Waals surface area contributed by atoms with Crippen molar-refractivity contribution >= 4 is 5.97 Å². The smallest absolute Gasteiger partial charge is 0.548 e. The van der Waals surface area contributed by atoms with Gasteiger partial charge in [-0.1, -0.05) is 26.2 Å². The molecule has 0 saturated carbocycles. The summed E-state index contributed by atoms with van der Waals surface area (Å²) in [6.45, 7) is 5.44. The fraction of sp³-hybridized carbons (Fsp3) is 0.917. The minimum absolute atomic E-state index is 0. The monoisotopic (exact) mass is 252 g/mol. The normalized spacial score (nSPS) is 13.7. The van der Waals surface area contributed by atoms with Crippen LogP contribution in [0, 0.1) is 0 Å². The van der Waals surface area contributed by atoms with Crippen molar-refractivity contribution < 1.29 is 33.9 Å². The van der Waals surface area contributed by atoms with Crippen LogP contribution in [-0.2, 0) is 4.79 Å². The average Bonchev–Trinajstić information content (AvgIpc) is 2.28. The van der Waals surface area contributed by atoms with Crippen LogP contribution in [0.1, 0.15) is 39.5 Å². The van der Waals surface area contributed by atoms with Gasteiger partial charge in [-0.2, -0.15) is 0 Å². The maximum absolute atomic E-state index is 10.4. The number of aliphatic hydroxyl groups is 1. The summed E-state index contributed by atoms with van der Waals surface area (Å²) < 4.78 is 0. The molecule has 0 aliphatic heterocycles. The zero-order chi connectivity index (χ0) is 13.1. The number of carboxylic acids is 1. The minimum atomic E-state index is -1.09. The van der Waals surface area contributed by atoms with E-state index in [1.54, 1.807) is 6.92 Å². The zero-order valence-corrected chi connectivity index (χ0v) is 11.9. The Morgan fingerprint density at radius 2 is 2.00 bits per heavy atom. The van der Waals surface area contributed by atoms with Crippen LogP contribution in [0.2, 0.25) is 0 Å². The molecule has 2 unspecified atom stereocenters. The van der Waals surface area contributed by atoms with Crippen LogP contribution in [0.15, 0.2) is 0 Å². The molecule has 0 aliphatic carbocycles. The first kappa shape index (κ1) is 20.3. The molecule has 6 heteroatoms. The molecule has 0 saturated heterocycles. The Morgan fingerprint density at radius 1 is 1.33 bits per heavy atom. The molecule has 102 valence electrons. The second kappa shape index (κ2) is 13.4. The molecule has 0 spiro atoms. The third-order valence-corrected chi connectivity index (χ3v) is 2.63. The van der Waals surface area contributed by atoms with E-state index in [2.05, 4.69) is 17.6 Å². The summed E-state index contributed by atoms with van der Waals surface area (Å²) in [4.78, 5) is 10.4. The molecule has 0 bridgehead atoms. The van der Waals surface area contributed by atoms with Crippen molar-refractivity contribution in [2.75, 3.05) is 19.6 Å². The predicted octanol–water partition coefficient (Wildman–Crippen LogP) is -3.75. The van der Waals surface area contributed by atoms with Crippen molar-refractivity contribution in [3.8, 4) is 0 Å². The largest absolute Gasteiger partial charge is 1.00 e. The van der Waals surface area contributed by atoms with Gasteiger partial charge in [-0.05, 0) is 13.3 Å². The van der Waals surface area contributed by atoms with Crippen LogP contribution in [0.5, 0.6) is 0 Å². The molecule has 0 aromatic rings. The molecular formula is C12H25LiN2O3. The van der Waals surface area contributed by atoms with E-state index in [4.69, 9.17) is 0 Å². The van der Waals surface area contributed by atoms with E-state index in [9.17, 15) is 15.0 Å². The third-order valence-electron chi connectivity index (χ3n) is 2.63. The summed E-state index contributed by atoms with van der Waals surface area (Å²) in [6, 6.07) is -0.633. The molecule has 3 N–H and O–H groups in total. The number of carbonyl (C=O) groups excluding carboxylic acids is 1. The number of aliphatic hydroxyl groups excluding tert-OH is 1. The summed E-state index contributed by atoms with van der Waals surface area (Å²) in [7, 11) is 0. The summed E-state index contributed by atoms with van der Waals surface area (Å²) in [6.07, 6.45) is 3.88. The van der Waals surface area contributed by atoms with E-state index in [0.29, 0.717) is 19.6 Å². The summed E-state index contributed by atoms with van der Waals surface area (Å²) in [5.41, 5.74) is 0. The van der Waals surface area contributed by atoms with Crippen LogP contribution < -0.4 is 34.6 Å². The van der Waals surface area contributed by atoms with Crippen LogP contribution >= 0.6 is 0 Å². The molecule has 2 atom stereocenters. The quantitative estimate of drug-likeness (QED) is 0.260. The Labute approximate surface area is 122 Å². The van der Waals surface area contributed by atoms with Crippen molar-refractivity contribution in [3.05, 3.63) is 0 Å². The van der Waals surface area contributed by atoms with Gasteiger partial charge in [0.05, 0.1) is 12.1 Å². The molecule has 0 aromatic carbocycles. The Bertz CT molecular complexity index is 206. The fourth-order valence-corrected chi connectivity index (χ4v) is 1.46. The van der Waals surface area contributed by atoms with Crippen LogP contribution in [0.25, 0.3) is 0 Å². The number of carboxylic acid groups (broad SMARTS) is 1. The molecule has 5 nitrogen and oxygen atoms in total. The van der Waals surface area contributed by atoms with E-state index in [0.717, 1.165) is 25.7 Å². The first-order valence-electron chi connectivity index (χ1n) is 6.41. The van der Waals surface area contributed by atoms with Gasteiger partial charge >= 0.3 is 18.9 Å². The second-order valence-corrected chi connectivity index (χ2v) is 4.35. The number of rotatable bonds is 11. The van der Waals surface area contributed by atoms with Gasteiger partial charge in [-0.25, -0.2) is 0 Å². The molecule has 0 amide bonds. The molecule has 0 fully saturated rings. The van der Waals surface area contributed by atoms with Crippen molar-refractivity contribution in [1.82, 2.24) is 10.6 Å². The van der Waals surface area contributed by atoms with Crippen molar-refractivity contribution in [1.29, 1.82) is 0 Å². The van der Waals surface area contributed by atoms with Crippen molar-refractivity contribution in [3.63, 3.8) is 0 Å². The summed E-state index contributed by atoms with van der Waals surface area (Å²) >= 11 is 0. The molecular weight excluding hydrogens is 227 g/mol. The Balaban J connectivity index is 0. The molecule has 18 heavy (non-hydrogen) atoms. The van der Waals surface area contributed by atoms with E-state index in [1.165, 1.54) is 0 Å². The van der Waals surface area contributed by atoms with Gasteiger partial charge in [0.15, 0.2) is 0 Å². The number of aliphatic carboxylic acids is 1. The predicted molar refractivity (Wildman–Crippen MR) is 65.5 cm³/mol. The molecule has 0 rings (SSSR count). The third kappa shape index (κ3) is 12.4. The van der Waals surface area contributed by atoms with Crippen molar-refractivity contribution in [2.45, 2.75) is 51.7 Å². The van der Waals surface area contributed by atoms with Gasteiger partial charge in [0.1, 0.15) is 0 Å². The van der Waals surface area contributed by atoms with E-state index >= 15 is 0 Å². The SMILES string of the molecule is CCCCCC(O)CNCCNC(C)C(=O)[O-].[Li+]. The van der Waals surface area contributed by atoms with Crippen LogP contribution in [-0.4, -0.2) is 42.9 Å². The van der Waals surface area contributed by atoms with Crippen molar-refractivity contribution in [2.24, 2.45) is 0 Å². The van der Waals surface area contributed by atoms with E-state index in [-0.39, 0.29) is 25.0 Å². The molecule has 0 aliphatic rings. The first-order valence-corrected chi connectivity index (χ1v) is 6.41. The summed E-state index contributed by atoms with van der Waals surface area (Å²) in [5, 5.41) is 25.9. The van der Waals surface area contributed by atoms with Gasteiger partial charge in [0.2, 0.25) is 0 Å². The Morgan fingerprint density at radius 3 is 2.56 bits per heavy atom. The number of hydrogen-bond acceptors (Lipinski definition) is 5. The maximum Gasteiger partial charge on any atom is 1.00 e. The Hall–Kier alpha value is -0.0526. The average molecular weight is 252 g/mol. The maximum atomic E-state index is 10.4. The standard InChI is InChI=1S/C12H26N2O3.Li/c1-3-4-5-6-11(15)9-13-7-8-14-10(2)12(16)17;/h10-11,13-15H,3-9H2,1-2H3,(H,16,17);/q;+1/p-1. The molecule has 0 heterocycles. The number of carbonyl (C=O) groups is 1. The van der Waals surface area contributed by atoms with Crippen LogP contribution in [0.4, 0.5) is 0 Å². The molecule has 0 radical (unpaired) electrons. The van der Waals surface area contributed by atoms with Gasteiger partial charge in [0.25, 0.3) is 0 Å². The van der Waals surface area contributed by atoms with Gasteiger partial charge in [-0.3, -0.25) is 0 Å². The zero-order valence-electron chi connectivity index (χ0n) is 11.9. The topological polar surface area (TPSA) is 84.4 Å². The minimum Gasteiger partial charge on any atom is -0.548 e.